The van der Waals surface area contributed by atoms with Gasteiger partial charge in [0.1, 0.15) is 0 Å². The SMILES string of the molecule is CN(CC=CC(=O)O)c1cccc(C#N)c1. The van der Waals surface area contributed by atoms with Gasteiger partial charge in [-0.1, -0.05) is 12.1 Å². The fourth-order valence-corrected chi connectivity index (χ4v) is 1.23. The summed E-state index contributed by atoms with van der Waals surface area (Å²) in [5, 5.41) is 17.2. The van der Waals surface area contributed by atoms with Crippen LogP contribution in [0.25, 0.3) is 0 Å². The zero-order chi connectivity index (χ0) is 12.0. The Morgan fingerprint density at radius 2 is 2.38 bits per heavy atom. The number of aliphatic carboxylic acids is 1. The molecule has 0 saturated heterocycles. The van der Waals surface area contributed by atoms with E-state index >= 15 is 0 Å². The van der Waals surface area contributed by atoms with Gasteiger partial charge in [-0.15, -0.1) is 0 Å². The summed E-state index contributed by atoms with van der Waals surface area (Å²) in [6, 6.07) is 9.21. The zero-order valence-electron chi connectivity index (χ0n) is 8.92. The number of carbonyl (C=O) groups is 1. The molecule has 0 unspecified atom stereocenters. The summed E-state index contributed by atoms with van der Waals surface area (Å²) < 4.78 is 0. The third-order valence-electron chi connectivity index (χ3n) is 2.06. The monoisotopic (exact) mass is 216 g/mol. The second-order valence-corrected chi connectivity index (χ2v) is 3.28. The Labute approximate surface area is 94.0 Å². The van der Waals surface area contributed by atoms with Crippen LogP contribution in [0.1, 0.15) is 5.56 Å². The Morgan fingerprint density at radius 1 is 1.62 bits per heavy atom. The molecule has 4 nitrogen and oxygen atoms in total. The molecular formula is C12H12N2O2. The van der Waals surface area contributed by atoms with Gasteiger partial charge < -0.3 is 10.0 Å². The highest BCUT2D eigenvalue weighted by molar-refractivity contribution is 5.79. The van der Waals surface area contributed by atoms with E-state index in [0.717, 1.165) is 11.8 Å². The van der Waals surface area contributed by atoms with Crippen molar-refractivity contribution in [3.63, 3.8) is 0 Å². The van der Waals surface area contributed by atoms with E-state index in [-0.39, 0.29) is 0 Å². The summed E-state index contributed by atoms with van der Waals surface area (Å²) in [6.07, 6.45) is 2.66. The van der Waals surface area contributed by atoms with Crippen molar-refractivity contribution in [3.8, 4) is 6.07 Å². The molecule has 0 spiro atoms. The molecule has 0 bridgehead atoms. The van der Waals surface area contributed by atoms with Crippen molar-refractivity contribution in [2.45, 2.75) is 0 Å². The molecule has 1 N–H and O–H groups in total. The quantitative estimate of drug-likeness (QED) is 0.777. The van der Waals surface area contributed by atoms with Crippen LogP contribution in [0.4, 0.5) is 5.69 Å². The molecule has 1 aromatic rings. The number of carboxylic acids is 1. The molecule has 0 radical (unpaired) electrons. The maximum absolute atomic E-state index is 10.3. The second kappa shape index (κ2) is 5.56. The predicted octanol–water partition coefficient (Wildman–Crippen LogP) is 1.64. The van der Waals surface area contributed by atoms with Gasteiger partial charge in [-0.25, -0.2) is 4.79 Å². The lowest BCUT2D eigenvalue weighted by atomic mass is 10.2. The molecule has 0 atom stereocenters. The minimum atomic E-state index is -0.959. The number of hydrogen-bond acceptors (Lipinski definition) is 3. The van der Waals surface area contributed by atoms with Crippen LogP contribution in [-0.2, 0) is 4.79 Å². The number of likely N-dealkylation sites (N-methyl/N-ethyl adjacent to an activating group) is 1. The summed E-state index contributed by atoms with van der Waals surface area (Å²) >= 11 is 0. The van der Waals surface area contributed by atoms with E-state index in [1.165, 1.54) is 0 Å². The molecule has 0 aliphatic carbocycles. The number of rotatable bonds is 4. The average molecular weight is 216 g/mol. The van der Waals surface area contributed by atoms with E-state index in [0.29, 0.717) is 12.1 Å². The number of anilines is 1. The molecule has 16 heavy (non-hydrogen) atoms. The van der Waals surface area contributed by atoms with Crippen molar-refractivity contribution in [3.05, 3.63) is 42.0 Å². The van der Waals surface area contributed by atoms with Crippen LogP contribution in [0.15, 0.2) is 36.4 Å². The fraction of sp³-hybridized carbons (Fsp3) is 0.167. The van der Waals surface area contributed by atoms with Crippen LogP contribution in [0.5, 0.6) is 0 Å². The Kier molecular flexibility index (Phi) is 4.10. The van der Waals surface area contributed by atoms with Crippen LogP contribution in [-0.4, -0.2) is 24.7 Å². The Bertz CT molecular complexity index is 447. The van der Waals surface area contributed by atoms with Gasteiger partial charge in [-0.05, 0) is 18.2 Å². The van der Waals surface area contributed by atoms with Crippen LogP contribution >= 0.6 is 0 Å². The zero-order valence-corrected chi connectivity index (χ0v) is 8.92. The third-order valence-corrected chi connectivity index (χ3v) is 2.06. The Hall–Kier alpha value is -2.28. The van der Waals surface area contributed by atoms with E-state index in [1.54, 1.807) is 24.3 Å². The molecule has 4 heteroatoms. The number of carboxylic acid groups (broad SMARTS) is 1. The first-order chi connectivity index (χ1) is 7.63. The standard InChI is InChI=1S/C12H12N2O2/c1-14(7-3-6-12(15)16)11-5-2-4-10(8-11)9-13/h2-6,8H,7H2,1H3,(H,15,16). The van der Waals surface area contributed by atoms with Crippen LogP contribution in [0, 0.1) is 11.3 Å². The number of nitrogens with zero attached hydrogens (tertiary/aromatic N) is 2. The summed E-state index contributed by atoms with van der Waals surface area (Å²) in [5.41, 5.74) is 1.47. The van der Waals surface area contributed by atoms with Crippen molar-refractivity contribution in [1.29, 1.82) is 5.26 Å². The summed E-state index contributed by atoms with van der Waals surface area (Å²) in [7, 11) is 1.84. The van der Waals surface area contributed by atoms with Crippen LogP contribution < -0.4 is 4.90 Å². The summed E-state index contributed by atoms with van der Waals surface area (Å²) in [5.74, 6) is -0.959. The van der Waals surface area contributed by atoms with Gasteiger partial charge in [0.15, 0.2) is 0 Å². The first-order valence-electron chi connectivity index (χ1n) is 4.74. The van der Waals surface area contributed by atoms with Crippen LogP contribution in [0.3, 0.4) is 0 Å². The molecule has 1 rings (SSSR count). The van der Waals surface area contributed by atoms with E-state index < -0.39 is 5.97 Å². The molecule has 0 heterocycles. The lowest BCUT2D eigenvalue weighted by Crippen LogP contribution is -2.16. The highest BCUT2D eigenvalue weighted by Gasteiger charge is 1.99. The van der Waals surface area contributed by atoms with Crippen molar-refractivity contribution in [1.82, 2.24) is 0 Å². The molecular weight excluding hydrogens is 204 g/mol. The van der Waals surface area contributed by atoms with Gasteiger partial charge >= 0.3 is 5.97 Å². The van der Waals surface area contributed by atoms with E-state index in [1.807, 2.05) is 18.0 Å². The van der Waals surface area contributed by atoms with Crippen molar-refractivity contribution >= 4 is 11.7 Å². The van der Waals surface area contributed by atoms with E-state index in [9.17, 15) is 4.79 Å². The van der Waals surface area contributed by atoms with E-state index in [2.05, 4.69) is 6.07 Å². The highest BCUT2D eigenvalue weighted by atomic mass is 16.4. The largest absolute Gasteiger partial charge is 0.478 e. The first-order valence-corrected chi connectivity index (χ1v) is 4.74. The molecule has 0 aromatic heterocycles. The fourth-order valence-electron chi connectivity index (χ4n) is 1.23. The van der Waals surface area contributed by atoms with Gasteiger partial charge in [0.2, 0.25) is 0 Å². The third kappa shape index (κ3) is 3.46. The molecule has 0 saturated carbocycles. The minimum Gasteiger partial charge on any atom is -0.478 e. The maximum Gasteiger partial charge on any atom is 0.328 e. The van der Waals surface area contributed by atoms with Crippen molar-refractivity contribution < 1.29 is 9.90 Å². The molecule has 0 amide bonds. The van der Waals surface area contributed by atoms with E-state index in [4.69, 9.17) is 10.4 Å². The van der Waals surface area contributed by atoms with Gasteiger partial charge in [-0.2, -0.15) is 5.26 Å². The second-order valence-electron chi connectivity index (χ2n) is 3.28. The number of nitriles is 1. The van der Waals surface area contributed by atoms with Crippen LogP contribution in [0.2, 0.25) is 0 Å². The predicted molar refractivity (Wildman–Crippen MR) is 61.2 cm³/mol. The smallest absolute Gasteiger partial charge is 0.328 e. The van der Waals surface area contributed by atoms with Gasteiger partial charge in [0.05, 0.1) is 11.6 Å². The highest BCUT2D eigenvalue weighted by Crippen LogP contribution is 2.13. The number of hydrogen-bond donors (Lipinski definition) is 1. The van der Waals surface area contributed by atoms with Gasteiger partial charge in [0.25, 0.3) is 0 Å². The summed E-state index contributed by atoms with van der Waals surface area (Å²) in [4.78, 5) is 12.1. The average Bonchev–Trinajstić information content (AvgIpc) is 2.28. The maximum atomic E-state index is 10.3. The molecule has 82 valence electrons. The topological polar surface area (TPSA) is 64.3 Å². The minimum absolute atomic E-state index is 0.487. The van der Waals surface area contributed by atoms with Crippen molar-refractivity contribution in [2.24, 2.45) is 0 Å². The van der Waals surface area contributed by atoms with Gasteiger partial charge in [0, 0.05) is 25.4 Å². The molecule has 0 aliphatic rings. The Morgan fingerprint density at radius 3 is 3.00 bits per heavy atom. The Balaban J connectivity index is 2.69. The molecule has 0 fully saturated rings. The molecule has 0 aliphatic heterocycles. The lowest BCUT2D eigenvalue weighted by molar-refractivity contribution is -0.131. The lowest BCUT2D eigenvalue weighted by Gasteiger charge is -2.16. The molecule has 1 aromatic carbocycles. The van der Waals surface area contributed by atoms with Gasteiger partial charge in [-0.3, -0.25) is 0 Å². The first kappa shape index (κ1) is 11.8. The summed E-state index contributed by atoms with van der Waals surface area (Å²) in [6.45, 7) is 0.487. The normalized spacial score (nSPS) is 10.0. The number of benzene rings is 1. The van der Waals surface area contributed by atoms with Crippen molar-refractivity contribution in [2.75, 3.05) is 18.5 Å².